The molecule has 1 heterocycles. The number of nitrogen functional groups attached to an aromatic ring is 2. The third-order valence-corrected chi connectivity index (χ3v) is 3.46. The van der Waals surface area contributed by atoms with Gasteiger partial charge in [-0.25, -0.2) is 9.37 Å². The van der Waals surface area contributed by atoms with E-state index in [2.05, 4.69) is 4.98 Å². The standard InChI is InChI=1S/C17H22FN3O3/c1-16(2,22)9-7-10(18)13(8-12(9)20)24-14-6-5-11(19)15(21-14)17(3,4)23/h5-8,22-23H,19-20H2,1-4H3. The molecule has 6 N–H and O–H groups in total. The van der Waals surface area contributed by atoms with Gasteiger partial charge in [0.05, 0.1) is 17.0 Å². The minimum Gasteiger partial charge on any atom is -0.436 e. The molecule has 0 unspecified atom stereocenters. The van der Waals surface area contributed by atoms with Crippen molar-refractivity contribution in [1.29, 1.82) is 0 Å². The zero-order valence-electron chi connectivity index (χ0n) is 14.1. The molecule has 0 aliphatic carbocycles. The van der Waals surface area contributed by atoms with Crippen LogP contribution in [0.4, 0.5) is 15.8 Å². The van der Waals surface area contributed by atoms with Crippen molar-refractivity contribution in [2.75, 3.05) is 11.5 Å². The van der Waals surface area contributed by atoms with Crippen molar-refractivity contribution in [3.63, 3.8) is 0 Å². The quantitative estimate of drug-likeness (QED) is 0.639. The van der Waals surface area contributed by atoms with E-state index in [4.69, 9.17) is 16.2 Å². The third-order valence-electron chi connectivity index (χ3n) is 3.46. The highest BCUT2D eigenvalue weighted by Crippen LogP contribution is 2.34. The van der Waals surface area contributed by atoms with Crippen LogP contribution in [0.15, 0.2) is 24.3 Å². The number of aliphatic hydroxyl groups is 2. The Hall–Kier alpha value is -2.38. The summed E-state index contributed by atoms with van der Waals surface area (Å²) in [4.78, 5) is 4.13. The van der Waals surface area contributed by atoms with Crippen LogP contribution in [-0.4, -0.2) is 15.2 Å². The maximum atomic E-state index is 14.3. The van der Waals surface area contributed by atoms with Crippen LogP contribution in [-0.2, 0) is 11.2 Å². The van der Waals surface area contributed by atoms with Gasteiger partial charge in [-0.3, -0.25) is 0 Å². The summed E-state index contributed by atoms with van der Waals surface area (Å²) in [6.45, 7) is 6.09. The number of nitrogens with two attached hydrogens (primary N) is 2. The summed E-state index contributed by atoms with van der Waals surface area (Å²) in [6, 6.07) is 5.38. The van der Waals surface area contributed by atoms with Crippen LogP contribution in [0.1, 0.15) is 39.0 Å². The van der Waals surface area contributed by atoms with Gasteiger partial charge in [0.2, 0.25) is 5.88 Å². The number of ether oxygens (including phenoxy) is 1. The fourth-order valence-electron chi connectivity index (χ4n) is 2.29. The van der Waals surface area contributed by atoms with E-state index in [0.717, 1.165) is 6.07 Å². The Morgan fingerprint density at radius 1 is 1.00 bits per heavy atom. The second-order valence-corrected chi connectivity index (χ2v) is 6.68. The molecular formula is C17H22FN3O3. The Morgan fingerprint density at radius 2 is 1.62 bits per heavy atom. The van der Waals surface area contributed by atoms with Gasteiger partial charge in [0.25, 0.3) is 0 Å². The first-order chi connectivity index (χ1) is 10.9. The van der Waals surface area contributed by atoms with E-state index in [9.17, 15) is 14.6 Å². The minimum absolute atomic E-state index is 0.0654. The van der Waals surface area contributed by atoms with Crippen molar-refractivity contribution in [2.24, 2.45) is 0 Å². The van der Waals surface area contributed by atoms with Crippen molar-refractivity contribution in [3.8, 4) is 11.6 Å². The van der Waals surface area contributed by atoms with E-state index in [1.165, 1.54) is 45.9 Å². The first-order valence-corrected chi connectivity index (χ1v) is 7.38. The Morgan fingerprint density at radius 3 is 2.17 bits per heavy atom. The predicted octanol–water partition coefficient (Wildman–Crippen LogP) is 2.63. The molecule has 0 aliphatic rings. The van der Waals surface area contributed by atoms with Gasteiger partial charge in [-0.2, -0.15) is 0 Å². The molecular weight excluding hydrogens is 313 g/mol. The normalized spacial score (nSPS) is 12.3. The molecule has 0 saturated carbocycles. The van der Waals surface area contributed by atoms with Gasteiger partial charge >= 0.3 is 0 Å². The maximum Gasteiger partial charge on any atom is 0.219 e. The topological polar surface area (TPSA) is 115 Å². The van der Waals surface area contributed by atoms with Crippen molar-refractivity contribution >= 4 is 11.4 Å². The number of benzene rings is 1. The molecule has 0 spiro atoms. The average molecular weight is 335 g/mol. The summed E-state index contributed by atoms with van der Waals surface area (Å²) < 4.78 is 19.7. The lowest BCUT2D eigenvalue weighted by atomic mass is 9.96. The number of pyridine rings is 1. The second-order valence-electron chi connectivity index (χ2n) is 6.68. The van der Waals surface area contributed by atoms with Crippen LogP contribution in [0.2, 0.25) is 0 Å². The lowest BCUT2D eigenvalue weighted by Gasteiger charge is -2.21. The molecule has 6 nitrogen and oxygen atoms in total. The van der Waals surface area contributed by atoms with E-state index in [-0.39, 0.29) is 28.6 Å². The van der Waals surface area contributed by atoms with Gasteiger partial charge in [0.15, 0.2) is 11.6 Å². The Balaban J connectivity index is 2.41. The number of anilines is 2. The zero-order valence-corrected chi connectivity index (χ0v) is 14.1. The van der Waals surface area contributed by atoms with Crippen LogP contribution in [0.5, 0.6) is 11.6 Å². The zero-order chi connectivity index (χ0) is 18.3. The van der Waals surface area contributed by atoms with Crippen LogP contribution in [0.25, 0.3) is 0 Å². The SMILES string of the molecule is CC(C)(O)c1cc(F)c(Oc2ccc(N)c(C(C)(C)O)n2)cc1N. The summed E-state index contributed by atoms with van der Waals surface area (Å²) in [5.74, 6) is -0.764. The van der Waals surface area contributed by atoms with Crippen molar-refractivity contribution in [3.05, 3.63) is 41.3 Å². The largest absolute Gasteiger partial charge is 0.436 e. The van der Waals surface area contributed by atoms with E-state index in [1.54, 1.807) is 0 Å². The maximum absolute atomic E-state index is 14.3. The molecule has 1 aromatic carbocycles. The monoisotopic (exact) mass is 335 g/mol. The van der Waals surface area contributed by atoms with Crippen molar-refractivity contribution in [2.45, 2.75) is 38.9 Å². The van der Waals surface area contributed by atoms with Gasteiger partial charge in [0, 0.05) is 23.4 Å². The number of halogens is 1. The molecule has 7 heteroatoms. The van der Waals surface area contributed by atoms with Crippen LogP contribution in [0.3, 0.4) is 0 Å². The van der Waals surface area contributed by atoms with Crippen LogP contribution >= 0.6 is 0 Å². The molecule has 0 radical (unpaired) electrons. The van der Waals surface area contributed by atoms with E-state index in [0.29, 0.717) is 5.69 Å². The highest BCUT2D eigenvalue weighted by Gasteiger charge is 2.24. The number of nitrogens with zero attached hydrogens (tertiary/aromatic N) is 1. The van der Waals surface area contributed by atoms with Crippen molar-refractivity contribution in [1.82, 2.24) is 4.98 Å². The Labute approximate surface area is 139 Å². The third kappa shape index (κ3) is 3.74. The summed E-state index contributed by atoms with van der Waals surface area (Å²) in [6.07, 6.45) is 0. The molecule has 2 aromatic rings. The number of rotatable bonds is 4. The Kier molecular flexibility index (Phi) is 4.43. The highest BCUT2D eigenvalue weighted by atomic mass is 19.1. The summed E-state index contributed by atoms with van der Waals surface area (Å²) in [7, 11) is 0. The van der Waals surface area contributed by atoms with Gasteiger partial charge < -0.3 is 26.4 Å². The first-order valence-electron chi connectivity index (χ1n) is 7.38. The highest BCUT2D eigenvalue weighted by molar-refractivity contribution is 5.55. The second kappa shape index (κ2) is 5.92. The molecule has 130 valence electrons. The van der Waals surface area contributed by atoms with E-state index >= 15 is 0 Å². The molecule has 2 rings (SSSR count). The lowest BCUT2D eigenvalue weighted by molar-refractivity contribution is 0.0740. The summed E-state index contributed by atoms with van der Waals surface area (Å²) in [5, 5.41) is 20.1. The summed E-state index contributed by atoms with van der Waals surface area (Å²) >= 11 is 0. The fourth-order valence-corrected chi connectivity index (χ4v) is 2.29. The van der Waals surface area contributed by atoms with Gasteiger partial charge in [-0.05, 0) is 39.8 Å². The molecule has 1 aromatic heterocycles. The molecule has 0 fully saturated rings. The smallest absolute Gasteiger partial charge is 0.219 e. The molecule has 0 amide bonds. The van der Waals surface area contributed by atoms with E-state index in [1.807, 2.05) is 0 Å². The average Bonchev–Trinajstić information content (AvgIpc) is 2.42. The van der Waals surface area contributed by atoms with Crippen molar-refractivity contribution < 1.29 is 19.3 Å². The Bertz CT molecular complexity index is 765. The number of hydrogen-bond acceptors (Lipinski definition) is 6. The molecule has 0 bridgehead atoms. The summed E-state index contributed by atoms with van der Waals surface area (Å²) in [5.41, 5.74) is 10.1. The van der Waals surface area contributed by atoms with Crippen LogP contribution in [0, 0.1) is 5.82 Å². The number of aromatic nitrogens is 1. The molecule has 24 heavy (non-hydrogen) atoms. The van der Waals surface area contributed by atoms with Crippen LogP contribution < -0.4 is 16.2 Å². The molecule has 0 saturated heterocycles. The number of hydrogen-bond donors (Lipinski definition) is 4. The fraction of sp³-hybridized carbons (Fsp3) is 0.353. The van der Waals surface area contributed by atoms with Gasteiger partial charge in [0.1, 0.15) is 5.60 Å². The van der Waals surface area contributed by atoms with Gasteiger partial charge in [-0.1, -0.05) is 0 Å². The minimum atomic E-state index is -1.28. The first kappa shape index (κ1) is 18.0. The van der Waals surface area contributed by atoms with E-state index < -0.39 is 17.0 Å². The molecule has 0 atom stereocenters. The molecule has 0 aliphatic heterocycles. The predicted molar refractivity (Wildman–Crippen MR) is 90.0 cm³/mol. The lowest BCUT2D eigenvalue weighted by Crippen LogP contribution is -2.20. The van der Waals surface area contributed by atoms with Gasteiger partial charge in [-0.15, -0.1) is 0 Å².